The van der Waals surface area contributed by atoms with E-state index in [1.807, 2.05) is 43.0 Å². The Balaban J connectivity index is 1.46. The molecule has 1 fully saturated rings. The quantitative estimate of drug-likeness (QED) is 0.745. The zero-order valence-electron chi connectivity index (χ0n) is 16.2. The van der Waals surface area contributed by atoms with Crippen LogP contribution in [0.1, 0.15) is 29.9 Å². The molecule has 3 heterocycles. The van der Waals surface area contributed by atoms with Crippen LogP contribution in [0, 0.1) is 19.8 Å². The molecule has 1 aliphatic rings. The van der Waals surface area contributed by atoms with Crippen LogP contribution in [0.2, 0.25) is 0 Å². The van der Waals surface area contributed by atoms with Gasteiger partial charge in [-0.1, -0.05) is 29.8 Å². The third kappa shape index (κ3) is 3.60. The van der Waals surface area contributed by atoms with E-state index in [0.29, 0.717) is 24.8 Å². The molecule has 0 bridgehead atoms. The predicted octanol–water partition coefficient (Wildman–Crippen LogP) is 4.02. The van der Waals surface area contributed by atoms with E-state index in [-0.39, 0.29) is 17.9 Å². The minimum Gasteiger partial charge on any atom is -0.339 e. The summed E-state index contributed by atoms with van der Waals surface area (Å²) in [6, 6.07) is 9.59. The van der Waals surface area contributed by atoms with Crippen LogP contribution in [0.3, 0.4) is 0 Å². The molecule has 2 amide bonds. The lowest BCUT2D eigenvalue weighted by Gasteiger charge is -2.18. The number of benzene rings is 1. The highest BCUT2D eigenvalue weighted by Crippen LogP contribution is 2.33. The summed E-state index contributed by atoms with van der Waals surface area (Å²) in [6.45, 7) is 7.34. The first-order valence-electron chi connectivity index (χ1n) is 9.38. The van der Waals surface area contributed by atoms with Crippen molar-refractivity contribution >= 4 is 11.7 Å². The van der Waals surface area contributed by atoms with E-state index in [4.69, 9.17) is 4.52 Å². The molecule has 3 aromatic rings. The molecule has 2 atom stereocenters. The van der Waals surface area contributed by atoms with Crippen molar-refractivity contribution in [3.8, 4) is 11.4 Å². The highest BCUT2D eigenvalue weighted by molar-refractivity contribution is 5.90. The second kappa shape index (κ2) is 7.42. The second-order valence-corrected chi connectivity index (χ2v) is 7.43. The van der Waals surface area contributed by atoms with Crippen LogP contribution in [-0.2, 0) is 0 Å². The molecule has 0 unspecified atom stereocenters. The van der Waals surface area contributed by atoms with Gasteiger partial charge in [-0.15, -0.1) is 0 Å². The summed E-state index contributed by atoms with van der Waals surface area (Å²) in [5.41, 5.74) is 3.92. The number of nitrogens with zero attached hydrogens (tertiary/aromatic N) is 4. The lowest BCUT2D eigenvalue weighted by molar-refractivity contribution is 0.220. The summed E-state index contributed by atoms with van der Waals surface area (Å²) in [5, 5.41) is 7.11. The molecular formula is C21H23N5O2. The van der Waals surface area contributed by atoms with Crippen molar-refractivity contribution in [2.24, 2.45) is 5.92 Å². The van der Waals surface area contributed by atoms with Gasteiger partial charge in [-0.05, 0) is 43.5 Å². The van der Waals surface area contributed by atoms with Gasteiger partial charge in [0.2, 0.25) is 11.7 Å². The molecule has 0 spiro atoms. The summed E-state index contributed by atoms with van der Waals surface area (Å²) in [4.78, 5) is 23.1. The Bertz CT molecular complexity index is 985. The Hall–Kier alpha value is -3.22. The first-order valence-corrected chi connectivity index (χ1v) is 9.38. The van der Waals surface area contributed by atoms with Gasteiger partial charge in [0.15, 0.2) is 0 Å². The minimum absolute atomic E-state index is 0.0213. The third-order valence-corrected chi connectivity index (χ3v) is 5.22. The van der Waals surface area contributed by atoms with Gasteiger partial charge in [0.1, 0.15) is 0 Å². The molecule has 28 heavy (non-hydrogen) atoms. The van der Waals surface area contributed by atoms with Gasteiger partial charge in [-0.2, -0.15) is 4.98 Å². The molecule has 0 aliphatic carbocycles. The molecule has 0 radical (unpaired) electrons. The van der Waals surface area contributed by atoms with Crippen molar-refractivity contribution in [1.29, 1.82) is 0 Å². The number of anilines is 1. The van der Waals surface area contributed by atoms with Gasteiger partial charge in [0.05, 0.1) is 5.92 Å². The summed E-state index contributed by atoms with van der Waals surface area (Å²) in [5.74, 6) is 1.37. The van der Waals surface area contributed by atoms with E-state index in [2.05, 4.69) is 33.4 Å². The predicted molar refractivity (Wildman–Crippen MR) is 106 cm³/mol. The molecule has 1 saturated heterocycles. The van der Waals surface area contributed by atoms with Crippen molar-refractivity contribution in [2.75, 3.05) is 18.4 Å². The van der Waals surface area contributed by atoms with Gasteiger partial charge in [0.25, 0.3) is 0 Å². The van der Waals surface area contributed by atoms with Gasteiger partial charge in [0, 0.05) is 36.7 Å². The van der Waals surface area contributed by atoms with Crippen molar-refractivity contribution < 1.29 is 9.32 Å². The van der Waals surface area contributed by atoms with E-state index in [9.17, 15) is 4.79 Å². The van der Waals surface area contributed by atoms with E-state index in [1.54, 1.807) is 12.4 Å². The van der Waals surface area contributed by atoms with E-state index in [1.165, 1.54) is 5.56 Å². The largest absolute Gasteiger partial charge is 0.339 e. The number of hydrogen-bond donors (Lipinski definition) is 1. The van der Waals surface area contributed by atoms with E-state index >= 15 is 0 Å². The van der Waals surface area contributed by atoms with Gasteiger partial charge < -0.3 is 14.7 Å². The fraction of sp³-hybridized carbons (Fsp3) is 0.333. The number of rotatable bonds is 3. The first kappa shape index (κ1) is 18.2. The van der Waals surface area contributed by atoms with Crippen LogP contribution in [0.4, 0.5) is 10.5 Å². The van der Waals surface area contributed by atoms with Crippen LogP contribution in [0.25, 0.3) is 11.4 Å². The summed E-state index contributed by atoms with van der Waals surface area (Å²) < 4.78 is 5.51. The zero-order chi connectivity index (χ0) is 19.7. The SMILES string of the molecule is Cc1ccc(NC(=O)N2C[C@H](c3nc(-c4ccncc4)no3)[C@@H](C)C2)c(C)c1. The average molecular weight is 377 g/mol. The molecule has 2 aromatic heterocycles. The zero-order valence-corrected chi connectivity index (χ0v) is 16.2. The molecule has 1 aromatic carbocycles. The number of amides is 2. The van der Waals surface area contributed by atoms with Crippen LogP contribution in [0.15, 0.2) is 47.2 Å². The fourth-order valence-corrected chi connectivity index (χ4v) is 3.61. The third-order valence-electron chi connectivity index (χ3n) is 5.22. The van der Waals surface area contributed by atoms with Crippen molar-refractivity contribution in [2.45, 2.75) is 26.7 Å². The second-order valence-electron chi connectivity index (χ2n) is 7.43. The molecule has 1 N–H and O–H groups in total. The number of urea groups is 1. The lowest BCUT2D eigenvalue weighted by Crippen LogP contribution is -2.33. The van der Waals surface area contributed by atoms with E-state index < -0.39 is 0 Å². The van der Waals surface area contributed by atoms with Crippen LogP contribution < -0.4 is 5.32 Å². The van der Waals surface area contributed by atoms with Gasteiger partial charge in [-0.25, -0.2) is 4.79 Å². The molecule has 7 heteroatoms. The van der Waals surface area contributed by atoms with Crippen molar-refractivity contribution in [3.05, 3.63) is 59.7 Å². The minimum atomic E-state index is -0.102. The normalized spacial score (nSPS) is 19.0. The topological polar surface area (TPSA) is 84.2 Å². The average Bonchev–Trinajstić information content (AvgIpc) is 3.31. The highest BCUT2D eigenvalue weighted by atomic mass is 16.5. The smallest absolute Gasteiger partial charge is 0.321 e. The Morgan fingerprint density at radius 1 is 1.18 bits per heavy atom. The summed E-state index contributed by atoms with van der Waals surface area (Å²) >= 11 is 0. The maximum Gasteiger partial charge on any atom is 0.321 e. The van der Waals surface area contributed by atoms with Gasteiger partial charge >= 0.3 is 6.03 Å². The molecule has 4 rings (SSSR count). The van der Waals surface area contributed by atoms with E-state index in [0.717, 1.165) is 16.8 Å². The Morgan fingerprint density at radius 3 is 2.71 bits per heavy atom. The monoisotopic (exact) mass is 377 g/mol. The number of hydrogen-bond acceptors (Lipinski definition) is 5. The summed E-state index contributed by atoms with van der Waals surface area (Å²) in [6.07, 6.45) is 3.39. The first-order chi connectivity index (χ1) is 13.5. The number of likely N-dealkylation sites (tertiary alicyclic amines) is 1. The fourth-order valence-electron chi connectivity index (χ4n) is 3.61. The van der Waals surface area contributed by atoms with Gasteiger partial charge in [-0.3, -0.25) is 4.98 Å². The van der Waals surface area contributed by atoms with Crippen molar-refractivity contribution in [1.82, 2.24) is 20.0 Å². The maximum absolute atomic E-state index is 12.7. The summed E-state index contributed by atoms with van der Waals surface area (Å²) in [7, 11) is 0. The lowest BCUT2D eigenvalue weighted by atomic mass is 9.98. The molecule has 1 aliphatic heterocycles. The number of aryl methyl sites for hydroxylation is 2. The molecule has 144 valence electrons. The highest BCUT2D eigenvalue weighted by Gasteiger charge is 2.37. The Kier molecular flexibility index (Phi) is 4.81. The number of aromatic nitrogens is 3. The molecule has 0 saturated carbocycles. The Morgan fingerprint density at radius 2 is 1.96 bits per heavy atom. The number of pyridine rings is 1. The Labute approximate surface area is 163 Å². The number of nitrogens with one attached hydrogen (secondary N) is 1. The van der Waals surface area contributed by atoms with Crippen molar-refractivity contribution in [3.63, 3.8) is 0 Å². The van der Waals surface area contributed by atoms with Crippen LogP contribution in [0.5, 0.6) is 0 Å². The van der Waals surface area contributed by atoms with Crippen LogP contribution >= 0.6 is 0 Å². The maximum atomic E-state index is 12.7. The van der Waals surface area contributed by atoms with Crippen LogP contribution in [-0.4, -0.2) is 39.1 Å². The number of carbonyl (C=O) groups excluding carboxylic acids is 1. The number of carbonyl (C=O) groups is 1. The molecule has 7 nitrogen and oxygen atoms in total. The molecular weight excluding hydrogens is 354 g/mol. The standard InChI is InChI=1S/C21H23N5O2/c1-13-4-5-18(14(2)10-13)23-21(27)26-11-15(3)17(12-26)20-24-19(25-28-20)16-6-8-22-9-7-16/h4-10,15,17H,11-12H2,1-3H3,(H,23,27)/t15-,17-/m0/s1.